The van der Waals surface area contributed by atoms with E-state index in [9.17, 15) is 4.79 Å². The van der Waals surface area contributed by atoms with Crippen LogP contribution in [0.25, 0.3) is 10.9 Å². The summed E-state index contributed by atoms with van der Waals surface area (Å²) in [6.45, 7) is 1.97. The number of aryl methyl sites for hydroxylation is 1. The number of nitrogens with zero attached hydrogens (tertiary/aromatic N) is 3. The van der Waals surface area contributed by atoms with E-state index in [2.05, 4.69) is 43.4 Å². The predicted octanol–water partition coefficient (Wildman–Crippen LogP) is 4.20. The largest absolute Gasteiger partial charge is 0.381 e. The van der Waals surface area contributed by atoms with Crippen LogP contribution in [0.5, 0.6) is 0 Å². The molecule has 2 heterocycles. The molecule has 1 N–H and O–H groups in total. The molecule has 0 unspecified atom stereocenters. The van der Waals surface area contributed by atoms with Crippen molar-refractivity contribution >= 4 is 44.1 Å². The molecule has 3 aromatic rings. The fourth-order valence-electron chi connectivity index (χ4n) is 3.74. The number of amides is 1. The van der Waals surface area contributed by atoms with Crippen molar-refractivity contribution in [3.63, 3.8) is 0 Å². The Kier molecular flexibility index (Phi) is 5.37. The van der Waals surface area contributed by atoms with Gasteiger partial charge in [0.15, 0.2) is 0 Å². The van der Waals surface area contributed by atoms with Gasteiger partial charge in [-0.3, -0.25) is 9.48 Å². The minimum absolute atomic E-state index is 0.166. The van der Waals surface area contributed by atoms with E-state index < -0.39 is 0 Å². The maximum Gasteiger partial charge on any atom is 0.274 e. The summed E-state index contributed by atoms with van der Waals surface area (Å²) in [5.74, 6) is -0.166. The van der Waals surface area contributed by atoms with Gasteiger partial charge >= 0.3 is 0 Å². The van der Waals surface area contributed by atoms with Gasteiger partial charge in [0.05, 0.1) is 11.6 Å². The number of hydrogen-bond acceptors (Lipinski definition) is 4. The summed E-state index contributed by atoms with van der Waals surface area (Å²) >= 11 is 3.44. The smallest absolute Gasteiger partial charge is 0.274 e. The van der Waals surface area contributed by atoms with Crippen LogP contribution in [0.3, 0.4) is 0 Å². The predicted molar refractivity (Wildman–Crippen MR) is 115 cm³/mol. The Morgan fingerprint density at radius 3 is 2.57 bits per heavy atom. The molecule has 0 aliphatic carbocycles. The van der Waals surface area contributed by atoms with Gasteiger partial charge in [0.1, 0.15) is 5.69 Å². The number of methoxy groups -OCH3 is 1. The highest BCUT2D eigenvalue weighted by atomic mass is 79.9. The zero-order chi connectivity index (χ0) is 19.7. The van der Waals surface area contributed by atoms with Gasteiger partial charge in [0.25, 0.3) is 5.91 Å². The van der Waals surface area contributed by atoms with Gasteiger partial charge in [0, 0.05) is 48.5 Å². The van der Waals surface area contributed by atoms with Crippen molar-refractivity contribution in [3.05, 3.63) is 52.6 Å². The molecule has 4 rings (SSSR count). The Bertz CT molecular complexity index is 992. The Labute approximate surface area is 172 Å². The van der Waals surface area contributed by atoms with Crippen LogP contribution >= 0.6 is 15.9 Å². The van der Waals surface area contributed by atoms with E-state index >= 15 is 0 Å². The summed E-state index contributed by atoms with van der Waals surface area (Å²) < 4.78 is 8.00. The van der Waals surface area contributed by atoms with Crippen molar-refractivity contribution in [1.82, 2.24) is 9.78 Å². The molecule has 7 heteroatoms. The fraction of sp³-hybridized carbons (Fsp3) is 0.333. The first-order chi connectivity index (χ1) is 13.5. The van der Waals surface area contributed by atoms with Crippen molar-refractivity contribution in [3.8, 4) is 0 Å². The van der Waals surface area contributed by atoms with Crippen molar-refractivity contribution in [1.29, 1.82) is 0 Å². The van der Waals surface area contributed by atoms with Crippen LogP contribution in [-0.4, -0.2) is 42.0 Å². The molecule has 28 heavy (non-hydrogen) atoms. The summed E-state index contributed by atoms with van der Waals surface area (Å²) in [4.78, 5) is 15.2. The lowest BCUT2D eigenvalue weighted by Crippen LogP contribution is -2.36. The second kappa shape index (κ2) is 7.93. The quantitative estimate of drug-likeness (QED) is 0.657. The Hall–Kier alpha value is -2.38. The zero-order valence-corrected chi connectivity index (χ0v) is 17.6. The molecule has 1 saturated heterocycles. The van der Waals surface area contributed by atoms with E-state index in [-0.39, 0.29) is 5.91 Å². The number of halogens is 1. The van der Waals surface area contributed by atoms with Crippen LogP contribution in [-0.2, 0) is 11.8 Å². The third-order valence-corrected chi connectivity index (χ3v) is 5.77. The van der Waals surface area contributed by atoms with Crippen LogP contribution in [0.2, 0.25) is 0 Å². The lowest BCUT2D eigenvalue weighted by molar-refractivity contribution is 0.0819. The van der Waals surface area contributed by atoms with Gasteiger partial charge in [-0.25, -0.2) is 0 Å². The number of carbonyl (C=O) groups is 1. The molecule has 1 fully saturated rings. The molecule has 2 aromatic carbocycles. The van der Waals surface area contributed by atoms with Crippen LogP contribution in [0.15, 0.2) is 46.9 Å². The molecule has 1 aliphatic heterocycles. The van der Waals surface area contributed by atoms with Crippen LogP contribution in [0.4, 0.5) is 11.4 Å². The number of aromatic nitrogens is 2. The van der Waals surface area contributed by atoms with Crippen molar-refractivity contribution in [2.75, 3.05) is 30.4 Å². The average Bonchev–Trinajstić information content (AvgIpc) is 3.03. The van der Waals surface area contributed by atoms with Gasteiger partial charge in [-0.05, 0) is 55.3 Å². The fourth-order valence-corrected chi connectivity index (χ4v) is 4.09. The normalized spacial score (nSPS) is 15.2. The van der Waals surface area contributed by atoms with Crippen molar-refractivity contribution in [2.24, 2.45) is 7.05 Å². The molecular weight excluding hydrogens is 420 g/mol. The number of piperidine rings is 1. The molecule has 1 aliphatic rings. The Morgan fingerprint density at radius 1 is 1.18 bits per heavy atom. The number of ether oxygens (including phenoxy) is 1. The number of benzene rings is 2. The van der Waals surface area contributed by atoms with E-state index in [4.69, 9.17) is 4.74 Å². The van der Waals surface area contributed by atoms with Crippen LogP contribution < -0.4 is 10.2 Å². The minimum Gasteiger partial charge on any atom is -0.381 e. The van der Waals surface area contributed by atoms with Gasteiger partial charge in [-0.15, -0.1) is 0 Å². The molecular formula is C21H23BrN4O2. The highest BCUT2D eigenvalue weighted by Gasteiger charge is 2.20. The Morgan fingerprint density at radius 2 is 1.89 bits per heavy atom. The highest BCUT2D eigenvalue weighted by Crippen LogP contribution is 2.25. The second-order valence-electron chi connectivity index (χ2n) is 7.06. The van der Waals surface area contributed by atoms with Crippen molar-refractivity contribution in [2.45, 2.75) is 18.9 Å². The molecule has 0 spiro atoms. The molecule has 6 nitrogen and oxygen atoms in total. The summed E-state index contributed by atoms with van der Waals surface area (Å²) in [6.07, 6.45) is 2.45. The van der Waals surface area contributed by atoms with E-state index in [1.54, 1.807) is 18.8 Å². The van der Waals surface area contributed by atoms with E-state index in [1.807, 2.05) is 30.3 Å². The number of carbonyl (C=O) groups excluding carboxylic acids is 1. The van der Waals surface area contributed by atoms with Gasteiger partial charge in [0.2, 0.25) is 0 Å². The summed E-state index contributed by atoms with van der Waals surface area (Å²) in [5.41, 5.74) is 3.28. The van der Waals surface area contributed by atoms with Crippen LogP contribution in [0, 0.1) is 0 Å². The SMILES string of the molecule is COC1CCN(c2ccc(NC(=O)c3c4ccc(Br)cc4nn3C)cc2)CC1. The highest BCUT2D eigenvalue weighted by molar-refractivity contribution is 9.10. The lowest BCUT2D eigenvalue weighted by atomic mass is 10.1. The standard InChI is InChI=1S/C21H23BrN4O2/c1-25-20(18-8-3-14(22)13-19(18)24-25)21(27)23-15-4-6-16(7-5-15)26-11-9-17(28-2)10-12-26/h3-8,13,17H,9-12H2,1-2H3,(H,23,27). The molecule has 0 bridgehead atoms. The maximum atomic E-state index is 12.8. The minimum atomic E-state index is -0.166. The number of hydrogen-bond donors (Lipinski definition) is 1. The summed E-state index contributed by atoms with van der Waals surface area (Å²) in [5, 5.41) is 8.26. The summed E-state index contributed by atoms with van der Waals surface area (Å²) in [6, 6.07) is 13.8. The molecule has 1 amide bonds. The topological polar surface area (TPSA) is 59.4 Å². The third-order valence-electron chi connectivity index (χ3n) is 5.28. The molecule has 146 valence electrons. The van der Waals surface area contributed by atoms with Crippen LogP contribution in [0.1, 0.15) is 23.3 Å². The van der Waals surface area contributed by atoms with E-state index in [1.165, 1.54) is 5.69 Å². The maximum absolute atomic E-state index is 12.8. The molecule has 0 radical (unpaired) electrons. The first-order valence-electron chi connectivity index (χ1n) is 9.36. The van der Waals surface area contributed by atoms with Crippen molar-refractivity contribution < 1.29 is 9.53 Å². The lowest BCUT2D eigenvalue weighted by Gasteiger charge is -2.33. The van der Waals surface area contributed by atoms with Gasteiger partial charge in [-0.2, -0.15) is 5.10 Å². The molecule has 1 aromatic heterocycles. The second-order valence-corrected chi connectivity index (χ2v) is 7.97. The molecule has 0 saturated carbocycles. The number of fused-ring (bicyclic) bond motifs is 1. The first kappa shape index (κ1) is 19.0. The van der Waals surface area contributed by atoms with Gasteiger partial charge < -0.3 is 15.0 Å². The average molecular weight is 443 g/mol. The Balaban J connectivity index is 1.48. The third kappa shape index (κ3) is 3.77. The van der Waals surface area contributed by atoms with E-state index in [0.717, 1.165) is 47.0 Å². The monoisotopic (exact) mass is 442 g/mol. The number of nitrogens with one attached hydrogen (secondary N) is 1. The molecule has 0 atom stereocenters. The van der Waals surface area contributed by atoms with E-state index in [0.29, 0.717) is 11.8 Å². The number of anilines is 2. The summed E-state index contributed by atoms with van der Waals surface area (Å²) in [7, 11) is 3.57. The zero-order valence-electron chi connectivity index (χ0n) is 16.0. The first-order valence-corrected chi connectivity index (χ1v) is 10.2. The van der Waals surface area contributed by atoms with Gasteiger partial charge in [-0.1, -0.05) is 15.9 Å². The number of rotatable bonds is 4.